The van der Waals surface area contributed by atoms with Crippen molar-refractivity contribution in [2.75, 3.05) is 19.6 Å². The van der Waals surface area contributed by atoms with Crippen LogP contribution >= 0.6 is 0 Å². The molecule has 1 atom stereocenters. The molecule has 0 saturated carbocycles. The van der Waals surface area contributed by atoms with Gasteiger partial charge in [0.25, 0.3) is 0 Å². The van der Waals surface area contributed by atoms with Gasteiger partial charge >= 0.3 is 5.97 Å². The first-order chi connectivity index (χ1) is 19.3. The molecule has 2 heterocycles. The van der Waals surface area contributed by atoms with Crippen LogP contribution in [0.5, 0.6) is 0 Å². The van der Waals surface area contributed by atoms with Crippen LogP contribution in [-0.4, -0.2) is 90.7 Å². The fourth-order valence-corrected chi connectivity index (χ4v) is 3.62. The molecular formula is C25H37N9O7. The van der Waals surface area contributed by atoms with Crippen molar-refractivity contribution in [1.82, 2.24) is 40.0 Å². The van der Waals surface area contributed by atoms with Crippen molar-refractivity contribution < 1.29 is 33.9 Å². The molecule has 0 unspecified atom stereocenters. The molecule has 2 aromatic heterocycles. The second kappa shape index (κ2) is 15.3. The molecule has 0 bridgehead atoms. The molecule has 0 aromatic carbocycles. The second-order valence-electron chi connectivity index (χ2n) is 10.3. The van der Waals surface area contributed by atoms with E-state index < -0.39 is 35.7 Å². The molecular weight excluding hydrogens is 538 g/mol. The lowest BCUT2D eigenvalue weighted by Crippen LogP contribution is -2.44. The van der Waals surface area contributed by atoms with Crippen molar-refractivity contribution in [2.24, 2.45) is 11.1 Å². The minimum atomic E-state index is -1.47. The smallest absolute Gasteiger partial charge is 0.326 e. The minimum Gasteiger partial charge on any atom is -0.480 e. The molecule has 16 nitrogen and oxygen atoms in total. The zero-order valence-corrected chi connectivity index (χ0v) is 23.3. The number of Topliss-reactive ketones (excluding diaryl/α,β-unsaturated/α-hetero) is 1. The van der Waals surface area contributed by atoms with Crippen LogP contribution in [0.1, 0.15) is 38.8 Å². The first-order valence-electron chi connectivity index (χ1n) is 12.8. The molecule has 2 aromatic rings. The van der Waals surface area contributed by atoms with Gasteiger partial charge in [0.2, 0.25) is 24.1 Å². The molecule has 0 saturated heterocycles. The number of carboxylic acids is 1. The number of rotatable bonds is 18. The lowest BCUT2D eigenvalue weighted by molar-refractivity contribution is -0.143. The number of primary amides is 1. The molecule has 0 spiro atoms. The van der Waals surface area contributed by atoms with Crippen molar-refractivity contribution in [3.63, 3.8) is 0 Å². The Labute approximate surface area is 236 Å². The summed E-state index contributed by atoms with van der Waals surface area (Å²) >= 11 is 0. The number of carbonyl (C=O) groups excluding carboxylic acids is 5. The van der Waals surface area contributed by atoms with Gasteiger partial charge in [0.1, 0.15) is 30.8 Å². The van der Waals surface area contributed by atoms with Crippen LogP contribution in [0, 0.1) is 5.41 Å². The number of aromatic nitrogens is 4. The first kappa shape index (κ1) is 32.6. The van der Waals surface area contributed by atoms with E-state index in [4.69, 9.17) is 5.73 Å². The Bertz CT molecular complexity index is 1230. The predicted octanol–water partition coefficient (Wildman–Crippen LogP) is -2.00. The van der Waals surface area contributed by atoms with Crippen molar-refractivity contribution in [1.29, 1.82) is 0 Å². The van der Waals surface area contributed by atoms with Crippen molar-refractivity contribution in [3.8, 4) is 0 Å². The number of carbonyl (C=O) groups is 6. The van der Waals surface area contributed by atoms with Crippen LogP contribution in [0.2, 0.25) is 0 Å². The normalized spacial score (nSPS) is 12.0. The summed E-state index contributed by atoms with van der Waals surface area (Å²) < 4.78 is 3.14. The Morgan fingerprint density at radius 3 is 2.05 bits per heavy atom. The highest BCUT2D eigenvalue weighted by Crippen LogP contribution is 2.17. The van der Waals surface area contributed by atoms with Gasteiger partial charge in [0, 0.05) is 43.3 Å². The van der Waals surface area contributed by atoms with E-state index in [9.17, 15) is 33.9 Å². The Hall–Kier alpha value is -4.60. The lowest BCUT2D eigenvalue weighted by atomic mass is 9.90. The van der Waals surface area contributed by atoms with E-state index in [1.54, 1.807) is 36.4 Å². The first-order valence-corrected chi connectivity index (χ1v) is 12.8. The summed E-state index contributed by atoms with van der Waals surface area (Å²) in [6.07, 6.45) is 6.17. The largest absolute Gasteiger partial charge is 0.480 e. The van der Waals surface area contributed by atoms with Crippen LogP contribution in [0.3, 0.4) is 0 Å². The maximum absolute atomic E-state index is 13.0. The maximum atomic E-state index is 13.0. The number of aliphatic carboxylic acids is 1. The number of ketones is 1. The average Bonchev–Trinajstić information content (AvgIpc) is 3.49. The third-order valence-corrected chi connectivity index (χ3v) is 5.88. The number of nitrogens with zero attached hydrogens (tertiary/aromatic N) is 5. The summed E-state index contributed by atoms with van der Waals surface area (Å²) in [5.41, 5.74) is 4.44. The van der Waals surface area contributed by atoms with Crippen LogP contribution in [-0.2, 0) is 54.9 Å². The third kappa shape index (κ3) is 11.2. The molecule has 0 aliphatic heterocycles. The molecule has 0 radical (unpaired) electrons. The Morgan fingerprint density at radius 1 is 1.00 bits per heavy atom. The van der Waals surface area contributed by atoms with Gasteiger partial charge in [-0.3, -0.25) is 28.9 Å². The minimum absolute atomic E-state index is 0.0255. The highest BCUT2D eigenvalue weighted by Gasteiger charge is 2.26. The van der Waals surface area contributed by atoms with Gasteiger partial charge in [-0.2, -0.15) is 0 Å². The third-order valence-electron chi connectivity index (χ3n) is 5.88. The lowest BCUT2D eigenvalue weighted by Gasteiger charge is -2.26. The summed E-state index contributed by atoms with van der Waals surface area (Å²) in [6.45, 7) is 5.97. The standard InChI is InChI=1S/C25H37N9O7/c1-25(2,3)18(36)11-32(12-20-28-6-8-33(20)14-22(38)30-5-4-27-16-35)13-21-29-7-9-34(21)15-23(39)31-17(24(40)41)10-19(26)37/h6-9,16-17H,4-5,10-15H2,1-3H3,(H2,26,37)(H,27,35)(H,30,38)(H,31,39)(H,40,41)/t17-/m0/s1. The van der Waals surface area contributed by atoms with Gasteiger partial charge in [0.15, 0.2) is 5.78 Å². The van der Waals surface area contributed by atoms with E-state index in [2.05, 4.69) is 25.9 Å². The number of imidazole rings is 2. The molecule has 2 rings (SSSR count). The fraction of sp³-hybridized carbons (Fsp3) is 0.520. The van der Waals surface area contributed by atoms with Gasteiger partial charge in [-0.25, -0.2) is 14.8 Å². The molecule has 0 fully saturated rings. The van der Waals surface area contributed by atoms with Gasteiger partial charge in [-0.05, 0) is 0 Å². The van der Waals surface area contributed by atoms with Crippen LogP contribution in [0.15, 0.2) is 24.8 Å². The molecule has 0 aliphatic rings. The Kier molecular flexibility index (Phi) is 12.1. The van der Waals surface area contributed by atoms with Crippen LogP contribution < -0.4 is 21.7 Å². The molecule has 224 valence electrons. The fourth-order valence-electron chi connectivity index (χ4n) is 3.62. The Morgan fingerprint density at radius 2 is 1.56 bits per heavy atom. The van der Waals surface area contributed by atoms with Gasteiger partial charge in [-0.1, -0.05) is 20.8 Å². The van der Waals surface area contributed by atoms with Crippen molar-refractivity contribution >= 4 is 35.9 Å². The predicted molar refractivity (Wildman–Crippen MR) is 143 cm³/mol. The summed E-state index contributed by atoms with van der Waals surface area (Å²) in [5.74, 6) is -2.33. The molecule has 6 N–H and O–H groups in total. The van der Waals surface area contributed by atoms with Crippen molar-refractivity contribution in [3.05, 3.63) is 36.4 Å². The molecule has 4 amide bonds. The Balaban J connectivity index is 2.17. The van der Waals surface area contributed by atoms with Gasteiger partial charge < -0.3 is 35.9 Å². The van der Waals surface area contributed by atoms with E-state index in [1.165, 1.54) is 23.2 Å². The SMILES string of the molecule is CC(C)(C)C(=O)CN(Cc1nccn1CC(=O)NCCNC=O)Cc1nccn1CC(=O)N[C@@H](CC(N)=O)C(=O)O. The number of nitrogens with one attached hydrogen (secondary N) is 3. The number of hydrogen-bond donors (Lipinski definition) is 5. The van der Waals surface area contributed by atoms with Crippen molar-refractivity contribution in [2.45, 2.75) is 59.4 Å². The molecule has 41 heavy (non-hydrogen) atoms. The highest BCUT2D eigenvalue weighted by atomic mass is 16.4. The quantitative estimate of drug-likeness (QED) is 0.0971. The molecule has 16 heteroatoms. The number of carboxylic acid groups (broad SMARTS) is 1. The average molecular weight is 576 g/mol. The zero-order valence-electron chi connectivity index (χ0n) is 23.3. The molecule has 0 aliphatic carbocycles. The van der Waals surface area contributed by atoms with E-state index >= 15 is 0 Å². The van der Waals surface area contributed by atoms with E-state index in [0.717, 1.165) is 0 Å². The summed E-state index contributed by atoms with van der Waals surface area (Å²) in [4.78, 5) is 81.2. The summed E-state index contributed by atoms with van der Waals surface area (Å²) in [7, 11) is 0. The monoisotopic (exact) mass is 575 g/mol. The topological polar surface area (TPSA) is 224 Å². The van der Waals surface area contributed by atoms with Crippen LogP contribution in [0.4, 0.5) is 0 Å². The van der Waals surface area contributed by atoms with Gasteiger partial charge in [-0.15, -0.1) is 0 Å². The summed E-state index contributed by atoms with van der Waals surface area (Å²) in [5, 5.41) is 16.7. The number of amides is 4. The zero-order chi connectivity index (χ0) is 30.6. The summed E-state index contributed by atoms with van der Waals surface area (Å²) in [6, 6.07) is -1.47. The maximum Gasteiger partial charge on any atom is 0.326 e. The number of nitrogens with two attached hydrogens (primary N) is 1. The van der Waals surface area contributed by atoms with E-state index in [1.807, 2.05) is 0 Å². The van der Waals surface area contributed by atoms with E-state index in [0.29, 0.717) is 24.6 Å². The van der Waals surface area contributed by atoms with Gasteiger partial charge in [0.05, 0.1) is 26.1 Å². The number of hydrogen-bond acceptors (Lipinski definition) is 9. The second-order valence-corrected chi connectivity index (χ2v) is 10.3. The highest BCUT2D eigenvalue weighted by molar-refractivity contribution is 5.88. The van der Waals surface area contributed by atoms with Crippen LogP contribution in [0.25, 0.3) is 0 Å². The van der Waals surface area contributed by atoms with E-state index in [-0.39, 0.29) is 51.0 Å².